The van der Waals surface area contributed by atoms with Crippen molar-refractivity contribution in [3.63, 3.8) is 0 Å². The summed E-state index contributed by atoms with van der Waals surface area (Å²) in [5, 5.41) is 13.2. The van der Waals surface area contributed by atoms with Crippen LogP contribution in [0.15, 0.2) is 42.1 Å². The first-order valence-corrected chi connectivity index (χ1v) is 9.80. The topological polar surface area (TPSA) is 98.1 Å². The van der Waals surface area contributed by atoms with E-state index in [0.29, 0.717) is 24.1 Å². The molecule has 8 nitrogen and oxygen atoms in total. The molecule has 28 heavy (non-hydrogen) atoms. The summed E-state index contributed by atoms with van der Waals surface area (Å²) in [7, 11) is 0. The zero-order chi connectivity index (χ0) is 20.5. The number of ether oxygens (including phenoxy) is 1. The highest BCUT2D eigenvalue weighted by Crippen LogP contribution is 2.23. The normalized spacial score (nSPS) is 11.5. The number of carbonyl (C=O) groups is 2. The molecule has 1 aromatic carbocycles. The van der Waals surface area contributed by atoms with Crippen LogP contribution in [-0.4, -0.2) is 38.5 Å². The number of rotatable bonds is 9. The van der Waals surface area contributed by atoms with Crippen LogP contribution >= 0.6 is 11.8 Å². The lowest BCUT2D eigenvalue weighted by Crippen LogP contribution is -2.42. The van der Waals surface area contributed by atoms with Gasteiger partial charge in [0, 0.05) is 13.1 Å². The van der Waals surface area contributed by atoms with Crippen molar-refractivity contribution in [2.75, 3.05) is 6.54 Å². The average molecular weight is 404 g/mol. The first-order chi connectivity index (χ1) is 13.4. The Hall–Kier alpha value is -2.81. The lowest BCUT2D eigenvalue weighted by molar-refractivity contribution is -0.119. The van der Waals surface area contributed by atoms with Crippen molar-refractivity contribution in [3.8, 4) is 5.75 Å². The predicted octanol–water partition coefficient (Wildman–Crippen LogP) is 2.68. The van der Waals surface area contributed by atoms with E-state index >= 15 is 0 Å². The van der Waals surface area contributed by atoms with E-state index in [2.05, 4.69) is 27.4 Å². The van der Waals surface area contributed by atoms with Crippen LogP contribution in [0.4, 0.5) is 4.79 Å². The van der Waals surface area contributed by atoms with Crippen molar-refractivity contribution in [1.29, 1.82) is 0 Å². The Balaban J connectivity index is 2.05. The maximum absolute atomic E-state index is 12.2. The van der Waals surface area contributed by atoms with Gasteiger partial charge in [0.2, 0.25) is 5.91 Å². The molecule has 0 saturated heterocycles. The highest BCUT2D eigenvalue weighted by Gasteiger charge is 2.21. The smallest absolute Gasteiger partial charge is 0.321 e. The van der Waals surface area contributed by atoms with Crippen molar-refractivity contribution in [3.05, 3.63) is 48.3 Å². The molecule has 2 N–H and O–H groups in total. The summed E-state index contributed by atoms with van der Waals surface area (Å²) in [6.07, 6.45) is 1.73. The zero-order valence-corrected chi connectivity index (χ0v) is 17.1. The fraction of sp³-hybridized carbons (Fsp3) is 0.368. The molecule has 0 aliphatic carbocycles. The van der Waals surface area contributed by atoms with E-state index in [1.165, 1.54) is 11.8 Å². The van der Waals surface area contributed by atoms with Crippen LogP contribution in [0.25, 0.3) is 0 Å². The van der Waals surface area contributed by atoms with E-state index in [1.54, 1.807) is 19.9 Å². The summed E-state index contributed by atoms with van der Waals surface area (Å²) >= 11 is 1.22. The van der Waals surface area contributed by atoms with Crippen molar-refractivity contribution in [2.45, 2.75) is 44.3 Å². The SMILES string of the molecule is C=CCn1c(COc2cccc(C)c2)nnc1S[C@@H](C)C(=O)NC(=O)NCC. The molecule has 3 amide bonds. The molecule has 1 heterocycles. The van der Waals surface area contributed by atoms with Gasteiger partial charge in [0.1, 0.15) is 12.4 Å². The van der Waals surface area contributed by atoms with E-state index in [1.807, 2.05) is 35.8 Å². The van der Waals surface area contributed by atoms with Gasteiger partial charge in [-0.15, -0.1) is 16.8 Å². The van der Waals surface area contributed by atoms with E-state index in [-0.39, 0.29) is 6.61 Å². The molecule has 0 aliphatic heterocycles. The number of urea groups is 1. The summed E-state index contributed by atoms with van der Waals surface area (Å²) in [5.74, 6) is 0.971. The number of amides is 3. The highest BCUT2D eigenvalue weighted by molar-refractivity contribution is 8.00. The fourth-order valence-corrected chi connectivity index (χ4v) is 3.19. The van der Waals surface area contributed by atoms with Crippen molar-refractivity contribution < 1.29 is 14.3 Å². The number of aryl methyl sites for hydroxylation is 1. The van der Waals surface area contributed by atoms with Crippen LogP contribution in [0.2, 0.25) is 0 Å². The maximum atomic E-state index is 12.2. The second kappa shape index (κ2) is 10.5. The fourth-order valence-electron chi connectivity index (χ4n) is 2.31. The maximum Gasteiger partial charge on any atom is 0.321 e. The second-order valence-electron chi connectivity index (χ2n) is 6.01. The van der Waals surface area contributed by atoms with Crippen LogP contribution < -0.4 is 15.4 Å². The van der Waals surface area contributed by atoms with Crippen molar-refractivity contribution in [2.24, 2.45) is 0 Å². The molecule has 0 radical (unpaired) electrons. The van der Waals surface area contributed by atoms with Gasteiger partial charge in [-0.1, -0.05) is 30.0 Å². The number of hydrogen-bond acceptors (Lipinski definition) is 6. The number of nitrogens with zero attached hydrogens (tertiary/aromatic N) is 3. The molecule has 0 saturated carbocycles. The Kier molecular flexibility index (Phi) is 8.06. The number of hydrogen-bond donors (Lipinski definition) is 2. The Morgan fingerprint density at radius 3 is 2.86 bits per heavy atom. The third kappa shape index (κ3) is 6.12. The van der Waals surface area contributed by atoms with Crippen LogP contribution in [0.1, 0.15) is 25.2 Å². The lowest BCUT2D eigenvalue weighted by atomic mass is 10.2. The third-order valence-corrected chi connectivity index (χ3v) is 4.77. The summed E-state index contributed by atoms with van der Waals surface area (Å²) in [6, 6.07) is 7.23. The molecular formula is C19H25N5O3S. The van der Waals surface area contributed by atoms with Crippen LogP contribution in [0.3, 0.4) is 0 Å². The molecule has 0 bridgehead atoms. The van der Waals surface area contributed by atoms with Gasteiger partial charge < -0.3 is 10.1 Å². The molecule has 0 aliphatic rings. The third-order valence-electron chi connectivity index (χ3n) is 3.69. The minimum Gasteiger partial charge on any atom is -0.486 e. The molecule has 0 spiro atoms. The Labute approximate surface area is 168 Å². The Bertz CT molecular complexity index is 837. The molecule has 1 aromatic heterocycles. The quantitative estimate of drug-likeness (QED) is 0.493. The van der Waals surface area contributed by atoms with E-state index in [9.17, 15) is 9.59 Å². The number of thioether (sulfide) groups is 1. The number of aromatic nitrogens is 3. The molecule has 1 atom stereocenters. The summed E-state index contributed by atoms with van der Waals surface area (Å²) in [6.45, 7) is 10.4. The minimum atomic E-state index is -0.527. The van der Waals surface area contributed by atoms with Gasteiger partial charge in [0.15, 0.2) is 11.0 Å². The van der Waals surface area contributed by atoms with Gasteiger partial charge in [0.25, 0.3) is 0 Å². The lowest BCUT2D eigenvalue weighted by Gasteiger charge is -2.13. The molecular weight excluding hydrogens is 378 g/mol. The molecule has 0 unspecified atom stereocenters. The van der Waals surface area contributed by atoms with Gasteiger partial charge >= 0.3 is 6.03 Å². The highest BCUT2D eigenvalue weighted by atomic mass is 32.2. The molecule has 2 aromatic rings. The van der Waals surface area contributed by atoms with Crippen LogP contribution in [0.5, 0.6) is 5.75 Å². The predicted molar refractivity (Wildman–Crippen MR) is 108 cm³/mol. The van der Waals surface area contributed by atoms with Gasteiger partial charge in [0.05, 0.1) is 5.25 Å². The van der Waals surface area contributed by atoms with Gasteiger partial charge in [-0.25, -0.2) is 4.79 Å². The number of nitrogens with one attached hydrogen (secondary N) is 2. The van der Waals surface area contributed by atoms with E-state index < -0.39 is 17.2 Å². The van der Waals surface area contributed by atoms with Crippen LogP contribution in [-0.2, 0) is 17.9 Å². The number of benzene rings is 1. The molecule has 9 heteroatoms. The Morgan fingerprint density at radius 2 is 2.18 bits per heavy atom. The minimum absolute atomic E-state index is 0.240. The number of carbonyl (C=O) groups excluding carboxylic acids is 2. The monoisotopic (exact) mass is 403 g/mol. The van der Waals surface area contributed by atoms with Crippen molar-refractivity contribution >= 4 is 23.7 Å². The Morgan fingerprint density at radius 1 is 1.39 bits per heavy atom. The molecule has 2 rings (SSSR count). The molecule has 0 fully saturated rings. The summed E-state index contributed by atoms with van der Waals surface area (Å²) in [4.78, 5) is 23.7. The largest absolute Gasteiger partial charge is 0.486 e. The average Bonchev–Trinajstić information content (AvgIpc) is 3.02. The van der Waals surface area contributed by atoms with Gasteiger partial charge in [-0.2, -0.15) is 0 Å². The van der Waals surface area contributed by atoms with Gasteiger partial charge in [-0.05, 0) is 38.5 Å². The zero-order valence-electron chi connectivity index (χ0n) is 16.3. The standard InChI is InChI=1S/C19H25N5O3S/c1-5-10-24-16(12-27-15-9-7-8-13(3)11-15)22-23-19(24)28-14(4)17(25)21-18(26)20-6-2/h5,7-9,11,14H,1,6,10,12H2,2-4H3,(H2,20,21,25,26)/t14-/m0/s1. The summed E-state index contributed by atoms with van der Waals surface area (Å²) < 4.78 is 7.64. The van der Waals surface area contributed by atoms with Crippen molar-refractivity contribution in [1.82, 2.24) is 25.4 Å². The first-order valence-electron chi connectivity index (χ1n) is 8.92. The van der Waals surface area contributed by atoms with Crippen LogP contribution in [0, 0.1) is 6.92 Å². The molecule has 150 valence electrons. The van der Waals surface area contributed by atoms with E-state index in [0.717, 1.165) is 11.3 Å². The second-order valence-corrected chi connectivity index (χ2v) is 7.32. The number of allylic oxidation sites excluding steroid dienone is 1. The summed E-state index contributed by atoms with van der Waals surface area (Å²) in [5.41, 5.74) is 1.10. The number of imide groups is 1. The van der Waals surface area contributed by atoms with Gasteiger partial charge in [-0.3, -0.25) is 14.7 Å². The first kappa shape index (κ1) is 21.5. The van der Waals surface area contributed by atoms with E-state index in [4.69, 9.17) is 4.74 Å².